The van der Waals surface area contributed by atoms with Crippen LogP contribution in [0.5, 0.6) is 0 Å². The van der Waals surface area contributed by atoms with Gasteiger partial charge in [0, 0.05) is 45.2 Å². The Balaban J connectivity index is 1.47. The van der Waals surface area contributed by atoms with Gasteiger partial charge in [-0.2, -0.15) is 0 Å². The summed E-state index contributed by atoms with van der Waals surface area (Å²) < 4.78 is 0. The van der Waals surface area contributed by atoms with Gasteiger partial charge in [-0.15, -0.1) is 0 Å². The quantitative estimate of drug-likeness (QED) is 0.721. The molecule has 1 saturated carbocycles. The number of likely N-dealkylation sites (tertiary alicyclic amines) is 1. The first-order valence-electron chi connectivity index (χ1n) is 8.27. The van der Waals surface area contributed by atoms with Gasteiger partial charge in [0.25, 0.3) is 0 Å². The number of piperazine rings is 1. The number of nitrogens with one attached hydrogen (secondary N) is 2. The Morgan fingerprint density at radius 2 is 1.86 bits per heavy atom. The molecule has 21 heavy (non-hydrogen) atoms. The van der Waals surface area contributed by atoms with E-state index in [4.69, 9.17) is 0 Å². The van der Waals surface area contributed by atoms with Crippen molar-refractivity contribution < 1.29 is 9.59 Å². The number of hydrogen-bond acceptors (Lipinski definition) is 4. The molecule has 1 atom stereocenters. The molecule has 0 aromatic heterocycles. The lowest BCUT2D eigenvalue weighted by atomic mass is 10.1. The SMILES string of the molecule is O=C(CCN1CCCC1C(=O)N1CCNCC1)NC1CC1. The molecule has 0 radical (unpaired) electrons. The maximum Gasteiger partial charge on any atom is 0.240 e. The minimum Gasteiger partial charge on any atom is -0.353 e. The molecule has 0 aromatic carbocycles. The van der Waals surface area contributed by atoms with E-state index < -0.39 is 0 Å². The molecule has 0 aromatic rings. The molecule has 3 rings (SSSR count). The lowest BCUT2D eigenvalue weighted by molar-refractivity contribution is -0.137. The lowest BCUT2D eigenvalue weighted by Gasteiger charge is -2.32. The zero-order valence-electron chi connectivity index (χ0n) is 12.6. The molecule has 2 N–H and O–H groups in total. The Morgan fingerprint density at radius 3 is 2.57 bits per heavy atom. The van der Waals surface area contributed by atoms with Gasteiger partial charge in [-0.05, 0) is 32.2 Å². The number of amides is 2. The normalized spacial score (nSPS) is 26.9. The van der Waals surface area contributed by atoms with E-state index in [1.54, 1.807) is 0 Å². The van der Waals surface area contributed by atoms with Crippen LogP contribution in [0.3, 0.4) is 0 Å². The van der Waals surface area contributed by atoms with Crippen LogP contribution < -0.4 is 10.6 Å². The Hall–Kier alpha value is -1.14. The average Bonchev–Trinajstić information content (AvgIpc) is 3.19. The summed E-state index contributed by atoms with van der Waals surface area (Å²) in [6.07, 6.45) is 4.76. The third-order valence-electron chi connectivity index (χ3n) is 4.65. The summed E-state index contributed by atoms with van der Waals surface area (Å²) in [4.78, 5) is 28.6. The molecule has 2 heterocycles. The smallest absolute Gasteiger partial charge is 0.240 e. The van der Waals surface area contributed by atoms with E-state index in [1.807, 2.05) is 4.90 Å². The van der Waals surface area contributed by atoms with E-state index in [1.165, 1.54) is 0 Å². The lowest BCUT2D eigenvalue weighted by Crippen LogP contribution is -2.52. The van der Waals surface area contributed by atoms with Crippen LogP contribution in [0, 0.1) is 0 Å². The van der Waals surface area contributed by atoms with E-state index in [9.17, 15) is 9.59 Å². The number of rotatable bonds is 5. The van der Waals surface area contributed by atoms with Gasteiger partial charge in [0.15, 0.2) is 0 Å². The van der Waals surface area contributed by atoms with E-state index in [2.05, 4.69) is 15.5 Å². The third-order valence-corrected chi connectivity index (χ3v) is 4.65. The summed E-state index contributed by atoms with van der Waals surface area (Å²) in [6, 6.07) is 0.422. The number of carbonyl (C=O) groups is 2. The van der Waals surface area contributed by atoms with Crippen molar-refractivity contribution in [2.24, 2.45) is 0 Å². The topological polar surface area (TPSA) is 64.7 Å². The van der Waals surface area contributed by atoms with Crippen molar-refractivity contribution in [3.63, 3.8) is 0 Å². The van der Waals surface area contributed by atoms with Gasteiger partial charge < -0.3 is 15.5 Å². The molecule has 1 aliphatic carbocycles. The van der Waals surface area contributed by atoms with Crippen molar-refractivity contribution in [3.05, 3.63) is 0 Å². The van der Waals surface area contributed by atoms with Gasteiger partial charge in [0.1, 0.15) is 0 Å². The molecule has 0 bridgehead atoms. The van der Waals surface area contributed by atoms with Crippen LogP contribution in [-0.2, 0) is 9.59 Å². The van der Waals surface area contributed by atoms with Gasteiger partial charge in [0.2, 0.25) is 11.8 Å². The summed E-state index contributed by atoms with van der Waals surface area (Å²) in [5, 5.41) is 6.29. The number of carbonyl (C=O) groups excluding carboxylic acids is 2. The predicted octanol–water partition coefficient (Wildman–Crippen LogP) is -0.449. The summed E-state index contributed by atoms with van der Waals surface area (Å²) in [7, 11) is 0. The van der Waals surface area contributed by atoms with Gasteiger partial charge in [-0.3, -0.25) is 14.5 Å². The van der Waals surface area contributed by atoms with E-state index in [0.717, 1.165) is 58.4 Å². The highest BCUT2D eigenvalue weighted by atomic mass is 16.2. The van der Waals surface area contributed by atoms with Gasteiger partial charge >= 0.3 is 0 Å². The first-order chi connectivity index (χ1) is 10.2. The van der Waals surface area contributed by atoms with Crippen molar-refractivity contribution >= 4 is 11.8 Å². The molecule has 3 fully saturated rings. The fourth-order valence-electron chi connectivity index (χ4n) is 3.24. The first-order valence-corrected chi connectivity index (χ1v) is 8.27. The molecule has 0 spiro atoms. The van der Waals surface area contributed by atoms with Crippen LogP contribution in [0.1, 0.15) is 32.1 Å². The van der Waals surface area contributed by atoms with Crippen molar-refractivity contribution in [1.82, 2.24) is 20.4 Å². The van der Waals surface area contributed by atoms with Crippen LogP contribution in [0.4, 0.5) is 0 Å². The van der Waals surface area contributed by atoms with Gasteiger partial charge in [0.05, 0.1) is 6.04 Å². The van der Waals surface area contributed by atoms with Crippen LogP contribution >= 0.6 is 0 Å². The highest BCUT2D eigenvalue weighted by Crippen LogP contribution is 2.21. The second-order valence-electron chi connectivity index (χ2n) is 6.36. The Morgan fingerprint density at radius 1 is 1.10 bits per heavy atom. The first kappa shape index (κ1) is 14.8. The molecule has 3 aliphatic rings. The molecule has 2 aliphatic heterocycles. The Labute approximate surface area is 126 Å². The van der Waals surface area contributed by atoms with Crippen LogP contribution in [0.2, 0.25) is 0 Å². The van der Waals surface area contributed by atoms with Crippen LogP contribution in [0.25, 0.3) is 0 Å². The minimum absolute atomic E-state index is 0.00294. The van der Waals surface area contributed by atoms with E-state index in [-0.39, 0.29) is 17.9 Å². The third kappa shape index (κ3) is 3.95. The summed E-state index contributed by atoms with van der Waals surface area (Å²) in [5.41, 5.74) is 0. The second kappa shape index (κ2) is 6.75. The molecule has 6 heteroatoms. The maximum absolute atomic E-state index is 12.6. The van der Waals surface area contributed by atoms with Crippen molar-refractivity contribution in [2.45, 2.75) is 44.2 Å². The molecule has 118 valence electrons. The van der Waals surface area contributed by atoms with Crippen molar-refractivity contribution in [2.75, 3.05) is 39.3 Å². The monoisotopic (exact) mass is 294 g/mol. The van der Waals surface area contributed by atoms with Crippen LogP contribution in [0.15, 0.2) is 0 Å². The number of hydrogen-bond donors (Lipinski definition) is 2. The van der Waals surface area contributed by atoms with Gasteiger partial charge in [-0.25, -0.2) is 0 Å². The molecule has 2 amide bonds. The van der Waals surface area contributed by atoms with Crippen LogP contribution in [-0.4, -0.2) is 73.0 Å². The maximum atomic E-state index is 12.6. The highest BCUT2D eigenvalue weighted by molar-refractivity contribution is 5.82. The summed E-state index contributed by atoms with van der Waals surface area (Å²) in [5.74, 6) is 0.398. The predicted molar refractivity (Wildman–Crippen MR) is 79.8 cm³/mol. The summed E-state index contributed by atoms with van der Waals surface area (Å²) in [6.45, 7) is 5.06. The molecular formula is C15H26N4O2. The zero-order valence-corrected chi connectivity index (χ0v) is 12.6. The number of nitrogens with zero attached hydrogens (tertiary/aromatic N) is 2. The molecule has 6 nitrogen and oxygen atoms in total. The minimum atomic E-state index is -0.00294. The van der Waals surface area contributed by atoms with Gasteiger partial charge in [-0.1, -0.05) is 0 Å². The molecule has 2 saturated heterocycles. The largest absolute Gasteiger partial charge is 0.353 e. The average molecular weight is 294 g/mol. The molecular weight excluding hydrogens is 268 g/mol. The standard InChI is InChI=1S/C15H26N4O2/c20-14(17-12-3-4-12)5-9-18-8-1-2-13(18)15(21)19-10-6-16-7-11-19/h12-13,16H,1-11H2,(H,17,20). The van der Waals surface area contributed by atoms with Crippen molar-refractivity contribution in [1.29, 1.82) is 0 Å². The van der Waals surface area contributed by atoms with E-state index in [0.29, 0.717) is 19.0 Å². The second-order valence-corrected chi connectivity index (χ2v) is 6.36. The molecule has 1 unspecified atom stereocenters. The van der Waals surface area contributed by atoms with E-state index >= 15 is 0 Å². The highest BCUT2D eigenvalue weighted by Gasteiger charge is 2.34. The fourth-order valence-corrected chi connectivity index (χ4v) is 3.24. The Kier molecular flexibility index (Phi) is 4.75. The van der Waals surface area contributed by atoms with Crippen molar-refractivity contribution in [3.8, 4) is 0 Å². The summed E-state index contributed by atoms with van der Waals surface area (Å²) >= 11 is 0. The zero-order chi connectivity index (χ0) is 14.7. The fraction of sp³-hybridized carbons (Fsp3) is 0.867. The Bertz CT molecular complexity index is 391.